The van der Waals surface area contributed by atoms with Gasteiger partial charge in [0.05, 0.1) is 0 Å². The number of carbonyl (C=O) groups excluding carboxylic acids is 1. The van der Waals surface area contributed by atoms with Crippen LogP contribution >= 0.6 is 0 Å². The molecule has 2 nitrogen and oxygen atoms in total. The van der Waals surface area contributed by atoms with Crippen molar-refractivity contribution >= 4 is 5.91 Å². The Morgan fingerprint density at radius 2 is 1.73 bits per heavy atom. The molecule has 4 heteroatoms. The zero-order valence-corrected chi connectivity index (χ0v) is 12.1. The molecule has 1 aliphatic carbocycles. The zero-order valence-electron chi connectivity index (χ0n) is 12.1. The first kappa shape index (κ1) is 14.7. The van der Waals surface area contributed by atoms with Gasteiger partial charge < -0.3 is 5.32 Å². The van der Waals surface area contributed by atoms with Crippen molar-refractivity contribution in [2.75, 3.05) is 6.54 Å². The van der Waals surface area contributed by atoms with Crippen LogP contribution in [-0.2, 0) is 11.2 Å². The van der Waals surface area contributed by atoms with Crippen LogP contribution in [0.3, 0.4) is 0 Å². The first-order valence-electron chi connectivity index (χ1n) is 7.42. The molecule has 0 saturated heterocycles. The van der Waals surface area contributed by atoms with Gasteiger partial charge in [0, 0.05) is 12.5 Å². The van der Waals surface area contributed by atoms with Crippen molar-refractivity contribution in [2.24, 2.45) is 5.92 Å². The lowest BCUT2D eigenvalue weighted by atomic mass is 10.1. The van der Waals surface area contributed by atoms with Crippen molar-refractivity contribution in [1.82, 2.24) is 5.32 Å². The van der Waals surface area contributed by atoms with E-state index < -0.39 is 0 Å². The van der Waals surface area contributed by atoms with E-state index in [9.17, 15) is 13.6 Å². The van der Waals surface area contributed by atoms with Crippen molar-refractivity contribution < 1.29 is 13.6 Å². The van der Waals surface area contributed by atoms with Crippen LogP contribution in [0, 0.1) is 17.6 Å². The molecule has 2 aromatic rings. The van der Waals surface area contributed by atoms with E-state index in [-0.39, 0.29) is 29.4 Å². The fourth-order valence-corrected chi connectivity index (χ4v) is 2.76. The highest BCUT2D eigenvalue weighted by Crippen LogP contribution is 2.48. The summed E-state index contributed by atoms with van der Waals surface area (Å²) in [6.07, 6.45) is 1.13. The fraction of sp³-hybridized carbons (Fsp3) is 0.278. The number of nitrogens with one attached hydrogen (secondary N) is 1. The molecule has 0 aliphatic heterocycles. The molecule has 0 heterocycles. The van der Waals surface area contributed by atoms with Gasteiger partial charge in [-0.05, 0) is 42.0 Å². The number of benzene rings is 2. The van der Waals surface area contributed by atoms with Gasteiger partial charge in [-0.3, -0.25) is 4.79 Å². The third kappa shape index (κ3) is 3.16. The van der Waals surface area contributed by atoms with Crippen LogP contribution in [0.5, 0.6) is 0 Å². The molecule has 114 valence electrons. The smallest absolute Gasteiger partial charge is 0.223 e. The van der Waals surface area contributed by atoms with Crippen molar-refractivity contribution in [3.05, 3.63) is 71.3 Å². The molecule has 1 amide bonds. The molecule has 2 unspecified atom stereocenters. The molecule has 1 aliphatic rings. The second kappa shape index (κ2) is 6.26. The third-order valence-electron chi connectivity index (χ3n) is 4.08. The third-order valence-corrected chi connectivity index (χ3v) is 4.08. The summed E-state index contributed by atoms with van der Waals surface area (Å²) in [7, 11) is 0. The van der Waals surface area contributed by atoms with E-state index in [0.717, 1.165) is 0 Å². The number of hydrogen-bond acceptors (Lipinski definition) is 1. The van der Waals surface area contributed by atoms with Crippen molar-refractivity contribution in [2.45, 2.75) is 18.8 Å². The molecule has 0 spiro atoms. The van der Waals surface area contributed by atoms with Gasteiger partial charge in [0.25, 0.3) is 0 Å². The summed E-state index contributed by atoms with van der Waals surface area (Å²) in [6.45, 7) is 0.389. The van der Waals surface area contributed by atoms with Crippen LogP contribution in [0.15, 0.2) is 48.5 Å². The van der Waals surface area contributed by atoms with Crippen molar-refractivity contribution in [1.29, 1.82) is 0 Å². The summed E-state index contributed by atoms with van der Waals surface area (Å²) in [5.74, 6) is -0.793. The molecule has 22 heavy (non-hydrogen) atoms. The Hall–Kier alpha value is -2.23. The molecule has 1 fully saturated rings. The fourth-order valence-electron chi connectivity index (χ4n) is 2.76. The minimum atomic E-state index is -0.257. The van der Waals surface area contributed by atoms with E-state index >= 15 is 0 Å². The standard InChI is InChI=1S/C18H17F2NO/c19-16-7-3-1-5-12(16)9-10-21-18(22)15-11-14(15)13-6-2-4-8-17(13)20/h1-8,14-15H,9-11H2,(H,21,22). The van der Waals surface area contributed by atoms with Crippen LogP contribution in [0.2, 0.25) is 0 Å². The summed E-state index contributed by atoms with van der Waals surface area (Å²) in [5, 5.41) is 2.81. The highest BCUT2D eigenvalue weighted by Gasteiger charge is 2.44. The molecular formula is C18H17F2NO. The summed E-state index contributed by atoms with van der Waals surface area (Å²) >= 11 is 0. The summed E-state index contributed by atoms with van der Waals surface area (Å²) in [6, 6.07) is 13.1. The van der Waals surface area contributed by atoms with Gasteiger partial charge >= 0.3 is 0 Å². The Kier molecular flexibility index (Phi) is 4.18. The largest absolute Gasteiger partial charge is 0.356 e. The van der Waals surface area contributed by atoms with Crippen LogP contribution in [0.4, 0.5) is 8.78 Å². The van der Waals surface area contributed by atoms with E-state index in [4.69, 9.17) is 0 Å². The number of amides is 1. The summed E-state index contributed by atoms with van der Waals surface area (Å²) in [5.41, 5.74) is 1.20. The Balaban J connectivity index is 1.50. The van der Waals surface area contributed by atoms with Crippen LogP contribution in [0.1, 0.15) is 23.5 Å². The average molecular weight is 301 g/mol. The molecule has 2 atom stereocenters. The molecule has 1 saturated carbocycles. The molecular weight excluding hydrogens is 284 g/mol. The predicted octanol–water partition coefficient (Wildman–Crippen LogP) is 3.43. The van der Waals surface area contributed by atoms with Gasteiger partial charge in [0.2, 0.25) is 5.91 Å². The number of hydrogen-bond donors (Lipinski definition) is 1. The average Bonchev–Trinajstić information content (AvgIpc) is 3.30. The van der Waals surface area contributed by atoms with Gasteiger partial charge in [-0.25, -0.2) is 8.78 Å². The minimum absolute atomic E-state index is 0.0327. The normalized spacial score (nSPS) is 19.7. The van der Waals surface area contributed by atoms with E-state index in [0.29, 0.717) is 30.5 Å². The topological polar surface area (TPSA) is 29.1 Å². The monoisotopic (exact) mass is 301 g/mol. The van der Waals surface area contributed by atoms with Crippen LogP contribution in [-0.4, -0.2) is 12.5 Å². The van der Waals surface area contributed by atoms with E-state index in [1.165, 1.54) is 12.1 Å². The lowest BCUT2D eigenvalue weighted by molar-refractivity contribution is -0.122. The van der Waals surface area contributed by atoms with Crippen LogP contribution < -0.4 is 5.32 Å². The molecule has 0 radical (unpaired) electrons. The Morgan fingerprint density at radius 1 is 1.05 bits per heavy atom. The maximum atomic E-state index is 13.7. The molecule has 1 N–H and O–H groups in total. The highest BCUT2D eigenvalue weighted by atomic mass is 19.1. The summed E-state index contributed by atoms with van der Waals surface area (Å²) in [4.78, 5) is 12.0. The number of rotatable bonds is 5. The maximum Gasteiger partial charge on any atom is 0.223 e. The number of carbonyl (C=O) groups is 1. The van der Waals surface area contributed by atoms with Crippen molar-refractivity contribution in [3.63, 3.8) is 0 Å². The maximum absolute atomic E-state index is 13.7. The summed E-state index contributed by atoms with van der Waals surface area (Å²) < 4.78 is 27.1. The first-order chi connectivity index (χ1) is 10.7. The number of halogens is 2. The predicted molar refractivity (Wildman–Crippen MR) is 80.4 cm³/mol. The highest BCUT2D eigenvalue weighted by molar-refractivity contribution is 5.82. The molecule has 0 bridgehead atoms. The Bertz CT molecular complexity index is 686. The minimum Gasteiger partial charge on any atom is -0.356 e. The molecule has 0 aromatic heterocycles. The van der Waals surface area contributed by atoms with E-state index in [2.05, 4.69) is 5.32 Å². The van der Waals surface area contributed by atoms with Crippen LogP contribution in [0.25, 0.3) is 0 Å². The van der Waals surface area contributed by atoms with Crippen molar-refractivity contribution in [3.8, 4) is 0 Å². The van der Waals surface area contributed by atoms with Gasteiger partial charge in [0.1, 0.15) is 11.6 Å². The molecule has 3 rings (SSSR count). The van der Waals surface area contributed by atoms with E-state index in [1.807, 2.05) is 0 Å². The zero-order chi connectivity index (χ0) is 15.5. The quantitative estimate of drug-likeness (QED) is 0.900. The second-order valence-electron chi connectivity index (χ2n) is 5.60. The Morgan fingerprint density at radius 3 is 2.45 bits per heavy atom. The van der Waals surface area contributed by atoms with Gasteiger partial charge in [-0.15, -0.1) is 0 Å². The SMILES string of the molecule is O=C(NCCc1ccccc1F)C1CC1c1ccccc1F. The second-order valence-corrected chi connectivity index (χ2v) is 5.60. The van der Waals surface area contributed by atoms with E-state index in [1.54, 1.807) is 36.4 Å². The van der Waals surface area contributed by atoms with Gasteiger partial charge in [-0.1, -0.05) is 36.4 Å². The molecule has 2 aromatic carbocycles. The Labute approximate surface area is 128 Å². The first-order valence-corrected chi connectivity index (χ1v) is 7.42. The lowest BCUT2D eigenvalue weighted by Gasteiger charge is -2.06. The lowest BCUT2D eigenvalue weighted by Crippen LogP contribution is -2.27. The van der Waals surface area contributed by atoms with Gasteiger partial charge in [0.15, 0.2) is 0 Å². The van der Waals surface area contributed by atoms with Gasteiger partial charge in [-0.2, -0.15) is 0 Å².